The molecular formula is C24H15F2N7O. The summed E-state index contributed by atoms with van der Waals surface area (Å²) in [4.78, 5) is 16.4. The van der Waals surface area contributed by atoms with Gasteiger partial charge in [0.25, 0.3) is 5.95 Å². The first-order valence-corrected chi connectivity index (χ1v) is 10.4. The molecule has 0 radical (unpaired) electrons. The first kappa shape index (κ1) is 19.9. The van der Waals surface area contributed by atoms with Crippen LogP contribution in [0.15, 0.2) is 84.0 Å². The second-order valence-electron chi connectivity index (χ2n) is 7.64. The Balaban J connectivity index is 1.49. The molecule has 34 heavy (non-hydrogen) atoms. The van der Waals surface area contributed by atoms with Crippen molar-refractivity contribution in [2.75, 3.05) is 0 Å². The average Bonchev–Trinajstić information content (AvgIpc) is 3.51. The summed E-state index contributed by atoms with van der Waals surface area (Å²) >= 11 is 0. The van der Waals surface area contributed by atoms with E-state index in [4.69, 9.17) is 0 Å². The summed E-state index contributed by atoms with van der Waals surface area (Å²) in [7, 11) is 0. The van der Waals surface area contributed by atoms with Crippen molar-refractivity contribution in [2.24, 2.45) is 0 Å². The minimum atomic E-state index is -1.30. The Hall–Kier alpha value is -4.73. The summed E-state index contributed by atoms with van der Waals surface area (Å²) in [6.07, 6.45) is 4.65. The lowest BCUT2D eigenvalue weighted by molar-refractivity contribution is 0.473. The van der Waals surface area contributed by atoms with Crippen LogP contribution in [0.1, 0.15) is 5.56 Å². The normalized spacial score (nSPS) is 11.5. The zero-order chi connectivity index (χ0) is 23.2. The van der Waals surface area contributed by atoms with Crippen molar-refractivity contribution in [1.29, 1.82) is 0 Å². The van der Waals surface area contributed by atoms with E-state index in [9.17, 15) is 13.6 Å². The van der Waals surface area contributed by atoms with Gasteiger partial charge in [0.15, 0.2) is 5.69 Å². The second kappa shape index (κ2) is 7.69. The minimum absolute atomic E-state index is 0.0588. The van der Waals surface area contributed by atoms with Gasteiger partial charge in [-0.05, 0) is 35.9 Å². The Morgan fingerprint density at radius 3 is 2.47 bits per heavy atom. The molecule has 6 rings (SSSR count). The number of fused-ring (bicyclic) bond motifs is 3. The number of hydrogen-bond donors (Lipinski definition) is 0. The SMILES string of the molecule is O=c1c2nn(Cc3ccc(-n4cccn4)cc3)c3ccccc3c-2nn1-c1ccnc(F)c1F. The van der Waals surface area contributed by atoms with E-state index in [1.807, 2.05) is 60.8 Å². The molecule has 10 heteroatoms. The number of para-hydroxylation sites is 1. The summed E-state index contributed by atoms with van der Waals surface area (Å²) in [5, 5.41) is 13.7. The van der Waals surface area contributed by atoms with Crippen LogP contribution in [0.3, 0.4) is 0 Å². The molecule has 2 aromatic heterocycles. The van der Waals surface area contributed by atoms with Crippen molar-refractivity contribution >= 4 is 10.9 Å². The number of rotatable bonds is 4. The van der Waals surface area contributed by atoms with Gasteiger partial charge in [-0.15, -0.1) is 0 Å². The molecule has 2 aliphatic heterocycles. The van der Waals surface area contributed by atoms with E-state index >= 15 is 0 Å². The van der Waals surface area contributed by atoms with Crippen LogP contribution in [0.25, 0.3) is 33.7 Å². The predicted molar refractivity (Wildman–Crippen MR) is 120 cm³/mol. The van der Waals surface area contributed by atoms with Crippen LogP contribution in [-0.4, -0.2) is 34.3 Å². The average molecular weight is 455 g/mol. The van der Waals surface area contributed by atoms with Crippen LogP contribution in [0.5, 0.6) is 0 Å². The molecule has 0 amide bonds. The van der Waals surface area contributed by atoms with Gasteiger partial charge in [-0.2, -0.15) is 28.8 Å². The Morgan fingerprint density at radius 1 is 0.853 bits per heavy atom. The lowest BCUT2D eigenvalue weighted by atomic mass is 10.1. The molecular weight excluding hydrogens is 440 g/mol. The molecule has 2 aromatic carbocycles. The Morgan fingerprint density at radius 2 is 1.68 bits per heavy atom. The van der Waals surface area contributed by atoms with Gasteiger partial charge in [-0.3, -0.25) is 9.48 Å². The standard InChI is InChI=1S/C24H15F2N7O/c25-20-19(10-12-27-23(20)26)33-24(34)22-21(30-33)17-4-1-2-5-18(17)32(29-22)14-15-6-8-16(9-7-15)31-13-3-11-28-31/h1-13H,14H2. The molecule has 0 N–H and O–H groups in total. The van der Waals surface area contributed by atoms with Crippen molar-refractivity contribution in [3.63, 3.8) is 0 Å². The van der Waals surface area contributed by atoms with Gasteiger partial charge in [0, 0.05) is 24.0 Å². The van der Waals surface area contributed by atoms with Gasteiger partial charge in [-0.25, -0.2) is 9.67 Å². The Labute approximate surface area is 190 Å². The van der Waals surface area contributed by atoms with Gasteiger partial charge < -0.3 is 0 Å². The maximum absolute atomic E-state index is 14.3. The molecule has 0 atom stereocenters. The van der Waals surface area contributed by atoms with E-state index in [0.717, 1.165) is 27.6 Å². The molecule has 0 aliphatic carbocycles. The van der Waals surface area contributed by atoms with E-state index in [1.54, 1.807) is 15.6 Å². The van der Waals surface area contributed by atoms with Gasteiger partial charge in [0.1, 0.15) is 11.4 Å². The van der Waals surface area contributed by atoms with Crippen LogP contribution < -0.4 is 5.56 Å². The number of pyridine rings is 1. The molecule has 2 aliphatic rings. The van der Waals surface area contributed by atoms with Gasteiger partial charge in [0.2, 0.25) is 5.82 Å². The maximum Gasteiger partial charge on any atom is 0.301 e. The highest BCUT2D eigenvalue weighted by atomic mass is 19.2. The van der Waals surface area contributed by atoms with Crippen molar-refractivity contribution < 1.29 is 8.78 Å². The quantitative estimate of drug-likeness (QED) is 0.380. The molecule has 0 bridgehead atoms. The summed E-state index contributed by atoms with van der Waals surface area (Å²) in [5.74, 6) is -2.55. The second-order valence-corrected chi connectivity index (χ2v) is 7.64. The zero-order valence-electron chi connectivity index (χ0n) is 17.5. The van der Waals surface area contributed by atoms with Crippen molar-refractivity contribution in [2.45, 2.75) is 6.54 Å². The van der Waals surface area contributed by atoms with Crippen LogP contribution in [0, 0.1) is 11.8 Å². The zero-order valence-corrected chi connectivity index (χ0v) is 17.5. The third-order valence-corrected chi connectivity index (χ3v) is 5.57. The molecule has 8 nitrogen and oxygen atoms in total. The molecule has 166 valence electrons. The van der Waals surface area contributed by atoms with E-state index < -0.39 is 17.3 Å². The molecule has 0 unspecified atom stereocenters. The van der Waals surface area contributed by atoms with Gasteiger partial charge in [0.05, 0.1) is 17.7 Å². The molecule has 0 saturated carbocycles. The van der Waals surface area contributed by atoms with Crippen molar-refractivity contribution in [3.8, 4) is 22.8 Å². The van der Waals surface area contributed by atoms with E-state index in [2.05, 4.69) is 20.3 Å². The third kappa shape index (κ3) is 3.15. The van der Waals surface area contributed by atoms with Crippen LogP contribution in [0.4, 0.5) is 8.78 Å². The van der Waals surface area contributed by atoms with Crippen LogP contribution >= 0.6 is 0 Å². The number of aromatic nitrogens is 7. The number of benzene rings is 2. The van der Waals surface area contributed by atoms with Crippen molar-refractivity contribution in [1.82, 2.24) is 34.3 Å². The molecule has 0 fully saturated rings. The van der Waals surface area contributed by atoms with Crippen LogP contribution in [0.2, 0.25) is 0 Å². The first-order valence-electron chi connectivity index (χ1n) is 10.4. The summed E-state index contributed by atoms with van der Waals surface area (Å²) < 4.78 is 32.3. The number of halogens is 2. The highest BCUT2D eigenvalue weighted by molar-refractivity contribution is 5.92. The monoisotopic (exact) mass is 455 g/mol. The van der Waals surface area contributed by atoms with E-state index in [0.29, 0.717) is 17.6 Å². The van der Waals surface area contributed by atoms with E-state index in [-0.39, 0.29) is 11.4 Å². The predicted octanol–water partition coefficient (Wildman–Crippen LogP) is 3.59. The maximum atomic E-state index is 14.3. The Kier molecular flexibility index (Phi) is 4.51. The lowest BCUT2D eigenvalue weighted by Gasteiger charge is -2.12. The molecule has 4 aromatic rings. The fourth-order valence-electron chi connectivity index (χ4n) is 3.94. The number of nitrogens with zero attached hydrogens (tertiary/aromatic N) is 7. The molecule has 0 saturated heterocycles. The van der Waals surface area contributed by atoms with Crippen molar-refractivity contribution in [3.05, 3.63) is 107 Å². The highest BCUT2D eigenvalue weighted by Crippen LogP contribution is 2.27. The fourth-order valence-corrected chi connectivity index (χ4v) is 3.94. The first-order chi connectivity index (χ1) is 16.6. The minimum Gasteiger partial charge on any atom is -0.265 e. The number of hydrogen-bond acceptors (Lipinski definition) is 5. The van der Waals surface area contributed by atoms with Gasteiger partial charge in [-0.1, -0.05) is 30.3 Å². The van der Waals surface area contributed by atoms with E-state index in [1.165, 1.54) is 6.07 Å². The largest absolute Gasteiger partial charge is 0.301 e. The summed E-state index contributed by atoms with van der Waals surface area (Å²) in [6.45, 7) is 0.388. The molecule has 4 heterocycles. The van der Waals surface area contributed by atoms with Crippen LogP contribution in [-0.2, 0) is 6.54 Å². The lowest BCUT2D eigenvalue weighted by Crippen LogP contribution is -2.19. The summed E-state index contributed by atoms with van der Waals surface area (Å²) in [6, 6.07) is 18.2. The topological polar surface area (TPSA) is 83.4 Å². The Bertz CT molecular complexity index is 1670. The third-order valence-electron chi connectivity index (χ3n) is 5.57. The fraction of sp³-hybridized carbons (Fsp3) is 0.0417. The smallest absolute Gasteiger partial charge is 0.265 e. The van der Waals surface area contributed by atoms with Gasteiger partial charge >= 0.3 is 5.56 Å². The molecule has 0 spiro atoms. The highest BCUT2D eigenvalue weighted by Gasteiger charge is 2.24. The summed E-state index contributed by atoms with van der Waals surface area (Å²) in [5.41, 5.74) is 2.03.